The van der Waals surface area contributed by atoms with E-state index in [2.05, 4.69) is 16.0 Å². The third kappa shape index (κ3) is 5.20. The molecule has 1 unspecified atom stereocenters. The Hall–Kier alpha value is -4.39. The van der Waals surface area contributed by atoms with Gasteiger partial charge in [-0.1, -0.05) is 30.3 Å². The van der Waals surface area contributed by atoms with Crippen molar-refractivity contribution in [2.45, 2.75) is 6.04 Å². The van der Waals surface area contributed by atoms with Gasteiger partial charge in [0.15, 0.2) is 5.76 Å². The first-order valence-electron chi connectivity index (χ1n) is 9.91. The number of carbonyl (C=O) groups is 2. The summed E-state index contributed by atoms with van der Waals surface area (Å²) in [5.41, 5.74) is 2.53. The maximum Gasteiger partial charge on any atom is 0.291 e. The molecule has 3 N–H and O–H groups in total. The standard InChI is InChI=1S/C25H20FN3O3/c26-18-8-10-20(11-9-18)29-25(31)23(17-5-2-1-3-6-17)27-19-12-14-21(15-13-19)28-24(30)22-7-4-16-32-22/h1-16,23,27H,(H,28,30)(H,29,31). The van der Waals surface area contributed by atoms with Gasteiger partial charge in [-0.05, 0) is 66.2 Å². The number of rotatable bonds is 7. The summed E-state index contributed by atoms with van der Waals surface area (Å²) in [6.07, 6.45) is 1.43. The fourth-order valence-corrected chi connectivity index (χ4v) is 3.11. The van der Waals surface area contributed by atoms with E-state index >= 15 is 0 Å². The third-order valence-electron chi connectivity index (χ3n) is 4.71. The number of amides is 2. The summed E-state index contributed by atoms with van der Waals surface area (Å²) in [7, 11) is 0. The molecule has 0 fully saturated rings. The van der Waals surface area contributed by atoms with Crippen molar-refractivity contribution in [2.75, 3.05) is 16.0 Å². The van der Waals surface area contributed by atoms with Gasteiger partial charge in [0.1, 0.15) is 11.9 Å². The van der Waals surface area contributed by atoms with Crippen molar-refractivity contribution < 1.29 is 18.4 Å². The van der Waals surface area contributed by atoms with Crippen LogP contribution in [0.15, 0.2) is 102 Å². The van der Waals surface area contributed by atoms with Gasteiger partial charge in [0.2, 0.25) is 0 Å². The quantitative estimate of drug-likeness (QED) is 0.364. The molecule has 0 saturated heterocycles. The van der Waals surface area contributed by atoms with E-state index in [0.29, 0.717) is 17.1 Å². The van der Waals surface area contributed by atoms with Crippen LogP contribution >= 0.6 is 0 Å². The Kier molecular flexibility index (Phi) is 6.27. The van der Waals surface area contributed by atoms with Gasteiger partial charge < -0.3 is 20.4 Å². The second-order valence-electron chi connectivity index (χ2n) is 6.99. The Morgan fingerprint density at radius 1 is 0.719 bits per heavy atom. The lowest BCUT2D eigenvalue weighted by molar-refractivity contribution is -0.117. The number of benzene rings is 3. The summed E-state index contributed by atoms with van der Waals surface area (Å²) in [6, 6.07) is 24.4. The fourth-order valence-electron chi connectivity index (χ4n) is 3.11. The van der Waals surface area contributed by atoms with E-state index < -0.39 is 6.04 Å². The van der Waals surface area contributed by atoms with Gasteiger partial charge >= 0.3 is 0 Å². The Morgan fingerprint density at radius 3 is 2.00 bits per heavy atom. The van der Waals surface area contributed by atoms with Gasteiger partial charge in [-0.25, -0.2) is 4.39 Å². The molecule has 160 valence electrons. The Labute approximate surface area is 184 Å². The Balaban J connectivity index is 1.49. The summed E-state index contributed by atoms with van der Waals surface area (Å²) in [6.45, 7) is 0. The first-order valence-corrected chi connectivity index (χ1v) is 9.91. The van der Waals surface area contributed by atoms with Crippen molar-refractivity contribution in [1.29, 1.82) is 0 Å². The number of furan rings is 1. The van der Waals surface area contributed by atoms with Crippen LogP contribution < -0.4 is 16.0 Å². The Morgan fingerprint density at radius 2 is 1.34 bits per heavy atom. The minimum Gasteiger partial charge on any atom is -0.459 e. The van der Waals surface area contributed by atoms with Crippen LogP contribution in [-0.4, -0.2) is 11.8 Å². The molecule has 4 aromatic rings. The number of anilines is 3. The fraction of sp³-hybridized carbons (Fsp3) is 0.0400. The highest BCUT2D eigenvalue weighted by Gasteiger charge is 2.21. The van der Waals surface area contributed by atoms with Crippen molar-refractivity contribution >= 4 is 28.9 Å². The maximum atomic E-state index is 13.2. The van der Waals surface area contributed by atoms with Crippen molar-refractivity contribution in [3.63, 3.8) is 0 Å². The summed E-state index contributed by atoms with van der Waals surface area (Å²) < 4.78 is 18.3. The van der Waals surface area contributed by atoms with Crippen LogP contribution in [0.2, 0.25) is 0 Å². The molecule has 0 aliphatic carbocycles. The van der Waals surface area contributed by atoms with E-state index in [9.17, 15) is 14.0 Å². The molecule has 0 spiro atoms. The minimum absolute atomic E-state index is 0.216. The normalized spacial score (nSPS) is 11.4. The van der Waals surface area contributed by atoms with E-state index in [4.69, 9.17) is 4.42 Å². The highest BCUT2D eigenvalue weighted by molar-refractivity contribution is 6.02. The summed E-state index contributed by atoms with van der Waals surface area (Å²) in [4.78, 5) is 25.1. The van der Waals surface area contributed by atoms with Crippen LogP contribution in [0.4, 0.5) is 21.5 Å². The molecular weight excluding hydrogens is 409 g/mol. The zero-order valence-electron chi connectivity index (χ0n) is 16.9. The molecule has 2 amide bonds. The van der Waals surface area contributed by atoms with Crippen molar-refractivity contribution in [3.05, 3.63) is 114 Å². The van der Waals surface area contributed by atoms with Crippen LogP contribution in [0, 0.1) is 5.82 Å². The number of carbonyl (C=O) groups excluding carboxylic acids is 2. The predicted molar refractivity (Wildman–Crippen MR) is 121 cm³/mol. The molecule has 0 radical (unpaired) electrons. The molecule has 0 bridgehead atoms. The number of hydrogen-bond acceptors (Lipinski definition) is 4. The molecule has 1 heterocycles. The third-order valence-corrected chi connectivity index (χ3v) is 4.71. The monoisotopic (exact) mass is 429 g/mol. The van der Waals surface area contributed by atoms with E-state index in [1.165, 1.54) is 30.5 Å². The summed E-state index contributed by atoms with van der Waals surface area (Å²) >= 11 is 0. The maximum absolute atomic E-state index is 13.2. The molecule has 0 aliphatic rings. The average molecular weight is 429 g/mol. The molecular formula is C25H20FN3O3. The molecule has 0 saturated carbocycles. The second-order valence-corrected chi connectivity index (χ2v) is 6.99. The molecule has 0 aliphatic heterocycles. The topological polar surface area (TPSA) is 83.4 Å². The van der Waals surface area contributed by atoms with Crippen LogP contribution in [0.25, 0.3) is 0 Å². The summed E-state index contributed by atoms with van der Waals surface area (Å²) in [5, 5.41) is 8.77. The van der Waals surface area contributed by atoms with Gasteiger partial charge in [-0.15, -0.1) is 0 Å². The molecule has 1 atom stereocenters. The number of halogens is 1. The van der Waals surface area contributed by atoms with E-state index in [0.717, 1.165) is 5.56 Å². The first kappa shape index (κ1) is 20.9. The van der Waals surface area contributed by atoms with Gasteiger partial charge in [0.25, 0.3) is 11.8 Å². The van der Waals surface area contributed by atoms with Gasteiger partial charge in [-0.3, -0.25) is 9.59 Å². The van der Waals surface area contributed by atoms with Gasteiger partial charge in [0.05, 0.1) is 6.26 Å². The smallest absolute Gasteiger partial charge is 0.291 e. The minimum atomic E-state index is -0.690. The molecule has 3 aromatic carbocycles. The van der Waals surface area contributed by atoms with Crippen molar-refractivity contribution in [1.82, 2.24) is 0 Å². The largest absolute Gasteiger partial charge is 0.459 e. The van der Waals surface area contributed by atoms with Gasteiger partial charge in [-0.2, -0.15) is 0 Å². The Bertz CT molecular complexity index is 1180. The van der Waals surface area contributed by atoms with E-state index in [1.54, 1.807) is 36.4 Å². The van der Waals surface area contributed by atoms with Gasteiger partial charge in [0, 0.05) is 17.1 Å². The van der Waals surface area contributed by atoms with Crippen molar-refractivity contribution in [3.8, 4) is 0 Å². The lowest BCUT2D eigenvalue weighted by atomic mass is 10.1. The first-order chi connectivity index (χ1) is 15.6. The molecule has 1 aromatic heterocycles. The van der Waals surface area contributed by atoms with Crippen LogP contribution in [0.3, 0.4) is 0 Å². The summed E-state index contributed by atoms with van der Waals surface area (Å²) in [5.74, 6) is -0.802. The van der Waals surface area contributed by atoms with Crippen LogP contribution in [-0.2, 0) is 4.79 Å². The molecule has 7 heteroatoms. The zero-order valence-corrected chi connectivity index (χ0v) is 16.9. The highest BCUT2D eigenvalue weighted by Crippen LogP contribution is 2.23. The lowest BCUT2D eigenvalue weighted by Gasteiger charge is -2.20. The van der Waals surface area contributed by atoms with E-state index in [-0.39, 0.29) is 23.4 Å². The van der Waals surface area contributed by atoms with Crippen LogP contribution in [0.1, 0.15) is 22.2 Å². The number of hydrogen-bond donors (Lipinski definition) is 3. The van der Waals surface area contributed by atoms with E-state index in [1.807, 2.05) is 30.3 Å². The molecule has 4 rings (SSSR count). The predicted octanol–water partition coefficient (Wildman–Crippen LogP) is 5.46. The lowest BCUT2D eigenvalue weighted by Crippen LogP contribution is -2.27. The van der Waals surface area contributed by atoms with Crippen LogP contribution in [0.5, 0.6) is 0 Å². The second kappa shape index (κ2) is 9.61. The molecule has 32 heavy (non-hydrogen) atoms. The highest BCUT2D eigenvalue weighted by atomic mass is 19.1. The van der Waals surface area contributed by atoms with Crippen molar-refractivity contribution in [2.24, 2.45) is 0 Å². The average Bonchev–Trinajstić information content (AvgIpc) is 3.36. The number of nitrogens with one attached hydrogen (secondary N) is 3. The SMILES string of the molecule is O=C(Nc1ccc(NC(C(=O)Nc2ccc(F)cc2)c2ccccc2)cc1)c1ccco1. The zero-order chi connectivity index (χ0) is 22.3. The molecule has 6 nitrogen and oxygen atoms in total.